The van der Waals surface area contributed by atoms with Gasteiger partial charge in [0.15, 0.2) is 5.82 Å². The van der Waals surface area contributed by atoms with E-state index >= 15 is 0 Å². The van der Waals surface area contributed by atoms with E-state index in [1.165, 1.54) is 0 Å². The van der Waals surface area contributed by atoms with Gasteiger partial charge >= 0.3 is 0 Å². The Labute approximate surface area is 194 Å². The van der Waals surface area contributed by atoms with E-state index in [4.69, 9.17) is 0 Å². The van der Waals surface area contributed by atoms with Crippen LogP contribution in [0.15, 0.2) is 42.6 Å². The first-order chi connectivity index (χ1) is 15.9. The van der Waals surface area contributed by atoms with Crippen molar-refractivity contribution in [3.63, 3.8) is 0 Å². The van der Waals surface area contributed by atoms with Crippen molar-refractivity contribution in [2.45, 2.75) is 32.6 Å². The lowest BCUT2D eigenvalue weighted by Crippen LogP contribution is -2.43. The third-order valence-electron chi connectivity index (χ3n) is 6.49. The largest absolute Gasteiger partial charge is 0.346 e. The zero-order valence-corrected chi connectivity index (χ0v) is 19.3. The number of amides is 3. The lowest BCUT2D eigenvalue weighted by molar-refractivity contribution is -0.127. The number of anilines is 3. The normalized spacial score (nSPS) is 18.1. The number of carbonyl (C=O) groups is 3. The van der Waals surface area contributed by atoms with Gasteiger partial charge < -0.3 is 10.2 Å². The fourth-order valence-corrected chi connectivity index (χ4v) is 4.66. The van der Waals surface area contributed by atoms with Crippen molar-refractivity contribution in [2.24, 2.45) is 5.92 Å². The predicted molar refractivity (Wildman–Crippen MR) is 127 cm³/mol. The number of hydrogen-bond acceptors (Lipinski definition) is 5. The molecule has 174 valence electrons. The van der Waals surface area contributed by atoms with Gasteiger partial charge in [0.2, 0.25) is 11.8 Å². The van der Waals surface area contributed by atoms with Crippen molar-refractivity contribution in [1.82, 2.24) is 14.8 Å². The van der Waals surface area contributed by atoms with Crippen molar-refractivity contribution in [3.8, 4) is 0 Å². The number of hydrogen-bond donors (Lipinski definition) is 1. The molecule has 2 aromatic rings. The molecule has 0 spiro atoms. The molecule has 4 rings (SSSR count). The summed E-state index contributed by atoms with van der Waals surface area (Å²) >= 11 is 0. The van der Waals surface area contributed by atoms with E-state index in [0.717, 1.165) is 45.3 Å². The molecule has 0 aliphatic carbocycles. The summed E-state index contributed by atoms with van der Waals surface area (Å²) < 4.78 is 0. The Morgan fingerprint density at radius 3 is 2.85 bits per heavy atom. The molecule has 33 heavy (non-hydrogen) atoms. The van der Waals surface area contributed by atoms with E-state index in [0.29, 0.717) is 28.7 Å². The lowest BCUT2D eigenvalue weighted by Gasteiger charge is -2.34. The number of pyridine rings is 1. The van der Waals surface area contributed by atoms with Gasteiger partial charge in [0.25, 0.3) is 5.91 Å². The van der Waals surface area contributed by atoms with E-state index in [1.54, 1.807) is 53.3 Å². The standard InChI is InChI=1S/C25H31N5O3/c1-18(31)28(2)14-6-8-19-9-7-15-29(16-19)17-23(32)30-22-12-4-3-10-20(22)25(33)27-21-11-5-13-26-24(21)30/h3-5,10-13,19H,6-9,14-17H2,1-2H3,(H,27,33). The molecule has 3 heterocycles. The Kier molecular flexibility index (Phi) is 7.03. The molecule has 1 N–H and O–H groups in total. The lowest BCUT2D eigenvalue weighted by atomic mass is 9.93. The maximum absolute atomic E-state index is 13.6. The van der Waals surface area contributed by atoms with Crippen molar-refractivity contribution in [1.29, 1.82) is 0 Å². The minimum Gasteiger partial charge on any atom is -0.346 e. The van der Waals surface area contributed by atoms with E-state index < -0.39 is 0 Å². The molecule has 1 atom stereocenters. The molecule has 0 saturated carbocycles. The van der Waals surface area contributed by atoms with Crippen molar-refractivity contribution in [3.05, 3.63) is 48.2 Å². The van der Waals surface area contributed by atoms with Crippen LogP contribution >= 0.6 is 0 Å². The van der Waals surface area contributed by atoms with Crippen LogP contribution in [0.5, 0.6) is 0 Å². The molecule has 1 unspecified atom stereocenters. The van der Waals surface area contributed by atoms with Crippen LogP contribution in [-0.4, -0.2) is 65.7 Å². The fourth-order valence-electron chi connectivity index (χ4n) is 4.66. The van der Waals surface area contributed by atoms with Gasteiger partial charge in [0.05, 0.1) is 23.5 Å². The monoisotopic (exact) mass is 449 g/mol. The minimum absolute atomic E-state index is 0.0884. The smallest absolute Gasteiger partial charge is 0.257 e. The van der Waals surface area contributed by atoms with E-state index in [1.807, 2.05) is 13.1 Å². The summed E-state index contributed by atoms with van der Waals surface area (Å²) in [6.07, 6.45) is 5.83. The highest BCUT2D eigenvalue weighted by Gasteiger charge is 2.32. The van der Waals surface area contributed by atoms with Gasteiger partial charge in [0.1, 0.15) is 0 Å². The predicted octanol–water partition coefficient (Wildman–Crippen LogP) is 3.28. The average Bonchev–Trinajstić information content (AvgIpc) is 2.93. The quantitative estimate of drug-likeness (QED) is 0.732. The van der Waals surface area contributed by atoms with Crippen LogP contribution < -0.4 is 10.2 Å². The molecule has 1 saturated heterocycles. The molecule has 0 radical (unpaired) electrons. The highest BCUT2D eigenvalue weighted by molar-refractivity contribution is 6.17. The molecular weight excluding hydrogens is 418 g/mol. The number of carbonyl (C=O) groups excluding carboxylic acids is 3. The van der Waals surface area contributed by atoms with Crippen LogP contribution in [-0.2, 0) is 9.59 Å². The molecule has 1 aromatic heterocycles. The number of nitrogens with one attached hydrogen (secondary N) is 1. The van der Waals surface area contributed by atoms with E-state index in [9.17, 15) is 14.4 Å². The number of likely N-dealkylation sites (tertiary alicyclic amines) is 1. The first-order valence-corrected chi connectivity index (χ1v) is 11.6. The second-order valence-corrected chi connectivity index (χ2v) is 8.90. The second kappa shape index (κ2) is 10.1. The number of nitrogens with zero attached hydrogens (tertiary/aromatic N) is 4. The number of aromatic nitrogens is 1. The van der Waals surface area contributed by atoms with E-state index in [-0.39, 0.29) is 24.3 Å². The number of piperidine rings is 1. The molecule has 3 amide bonds. The summed E-state index contributed by atoms with van der Waals surface area (Å²) in [4.78, 5) is 47.7. The summed E-state index contributed by atoms with van der Waals surface area (Å²) in [7, 11) is 1.83. The first kappa shape index (κ1) is 22.9. The number of rotatable bonds is 6. The van der Waals surface area contributed by atoms with Crippen LogP contribution in [0.2, 0.25) is 0 Å². The average molecular weight is 450 g/mol. The molecule has 1 aromatic carbocycles. The highest BCUT2D eigenvalue weighted by Crippen LogP contribution is 2.36. The number of benzene rings is 1. The summed E-state index contributed by atoms with van der Waals surface area (Å²) in [6, 6.07) is 10.7. The maximum atomic E-state index is 13.6. The minimum atomic E-state index is -0.247. The fraction of sp³-hybridized carbons (Fsp3) is 0.440. The first-order valence-electron chi connectivity index (χ1n) is 11.6. The van der Waals surface area contributed by atoms with Crippen LogP contribution in [0.3, 0.4) is 0 Å². The van der Waals surface area contributed by atoms with Gasteiger partial charge in [-0.2, -0.15) is 0 Å². The molecule has 2 aliphatic heterocycles. The van der Waals surface area contributed by atoms with Gasteiger partial charge in [-0.25, -0.2) is 4.98 Å². The molecule has 8 heteroatoms. The van der Waals surface area contributed by atoms with Crippen LogP contribution in [0.1, 0.15) is 43.0 Å². The van der Waals surface area contributed by atoms with Crippen LogP contribution in [0.25, 0.3) is 0 Å². The third kappa shape index (κ3) is 5.22. The third-order valence-corrected chi connectivity index (χ3v) is 6.49. The van der Waals surface area contributed by atoms with Crippen molar-refractivity contribution < 1.29 is 14.4 Å². The molecule has 8 nitrogen and oxygen atoms in total. The summed E-state index contributed by atoms with van der Waals surface area (Å²) in [5.74, 6) is 0.698. The Balaban J connectivity index is 1.47. The summed E-state index contributed by atoms with van der Waals surface area (Å²) in [6.45, 7) is 4.35. The van der Waals surface area contributed by atoms with Crippen molar-refractivity contribution >= 4 is 34.9 Å². The number of para-hydroxylation sites is 1. The molecule has 0 bridgehead atoms. The second-order valence-electron chi connectivity index (χ2n) is 8.90. The maximum Gasteiger partial charge on any atom is 0.257 e. The molecular formula is C25H31N5O3. The summed E-state index contributed by atoms with van der Waals surface area (Å²) in [5, 5.41) is 2.88. The van der Waals surface area contributed by atoms with Crippen molar-refractivity contribution in [2.75, 3.05) is 43.4 Å². The Hall–Kier alpha value is -3.26. The Morgan fingerprint density at radius 1 is 1.21 bits per heavy atom. The zero-order valence-electron chi connectivity index (χ0n) is 19.3. The Bertz CT molecular complexity index is 1040. The molecule has 2 aliphatic rings. The van der Waals surface area contributed by atoms with Gasteiger partial charge in [-0.15, -0.1) is 0 Å². The van der Waals surface area contributed by atoms with Gasteiger partial charge in [-0.1, -0.05) is 12.1 Å². The zero-order chi connectivity index (χ0) is 23.4. The summed E-state index contributed by atoms with van der Waals surface area (Å²) in [5.41, 5.74) is 1.53. The van der Waals surface area contributed by atoms with E-state index in [2.05, 4.69) is 15.2 Å². The topological polar surface area (TPSA) is 85.9 Å². The van der Waals surface area contributed by atoms with Gasteiger partial charge in [-0.05, 0) is 62.4 Å². The van der Waals surface area contributed by atoms with Crippen LogP contribution in [0, 0.1) is 5.92 Å². The Morgan fingerprint density at radius 2 is 2.03 bits per heavy atom. The number of fused-ring (bicyclic) bond motifs is 2. The molecule has 1 fully saturated rings. The van der Waals surface area contributed by atoms with Gasteiger partial charge in [0, 0.05) is 33.3 Å². The van der Waals surface area contributed by atoms with Crippen LogP contribution in [0.4, 0.5) is 17.2 Å². The highest BCUT2D eigenvalue weighted by atomic mass is 16.2. The van der Waals surface area contributed by atoms with Gasteiger partial charge in [-0.3, -0.25) is 24.2 Å². The SMILES string of the molecule is CC(=O)N(C)CCCC1CCCN(CC(=O)N2c3ccccc3C(=O)Nc3cccnc32)C1.